The number of rotatable bonds is 8. The molecule has 0 heterocycles. The van der Waals surface area contributed by atoms with Crippen LogP contribution >= 0.6 is 23.2 Å². The number of hydrogen-bond donors (Lipinski definition) is 0. The fourth-order valence-corrected chi connectivity index (χ4v) is 1.77. The van der Waals surface area contributed by atoms with Crippen LogP contribution in [0.15, 0.2) is 30.9 Å². The molecule has 0 aliphatic rings. The van der Waals surface area contributed by atoms with Crippen LogP contribution in [0, 0.1) is 0 Å². The number of hydrogen-bond acceptors (Lipinski definition) is 4. The van der Waals surface area contributed by atoms with Crippen molar-refractivity contribution in [1.82, 2.24) is 0 Å². The second-order valence-corrected chi connectivity index (χ2v) is 4.96. The summed E-state index contributed by atoms with van der Waals surface area (Å²) >= 11 is 11.7. The van der Waals surface area contributed by atoms with Crippen LogP contribution in [0.2, 0.25) is 10.0 Å². The molecule has 4 nitrogen and oxygen atoms in total. The average molecular weight is 331 g/mol. The zero-order valence-corrected chi connectivity index (χ0v) is 13.0. The van der Waals surface area contributed by atoms with Crippen molar-refractivity contribution in [3.8, 4) is 5.75 Å². The largest absolute Gasteiger partial charge is 0.465 e. The van der Waals surface area contributed by atoms with Crippen molar-refractivity contribution < 1.29 is 19.1 Å². The minimum Gasteiger partial charge on any atom is -0.465 e. The molecular formula is C15H16Cl2O4. The van der Waals surface area contributed by atoms with Gasteiger partial charge in [-0.2, -0.15) is 0 Å². The molecule has 6 heteroatoms. The Hall–Kier alpha value is -1.52. The van der Waals surface area contributed by atoms with E-state index in [1.54, 1.807) is 24.3 Å². The van der Waals surface area contributed by atoms with Gasteiger partial charge in [0.05, 0.1) is 11.6 Å². The van der Waals surface area contributed by atoms with Crippen LogP contribution in [0.5, 0.6) is 5.75 Å². The lowest BCUT2D eigenvalue weighted by atomic mass is 10.2. The van der Waals surface area contributed by atoms with E-state index in [0.717, 1.165) is 0 Å². The second kappa shape index (κ2) is 9.42. The van der Waals surface area contributed by atoms with E-state index in [2.05, 4.69) is 6.58 Å². The topological polar surface area (TPSA) is 52.6 Å². The van der Waals surface area contributed by atoms with Gasteiger partial charge in [0.1, 0.15) is 5.02 Å². The number of halogens is 2. The Morgan fingerprint density at radius 1 is 1.19 bits per heavy atom. The monoisotopic (exact) mass is 330 g/mol. The standard InChI is InChI=1S/C15H16Cl2O4/c1-2-3-10-20-13(18)8-5-9-14(19)21-12-7-4-6-11(16)15(12)17/h2,4,6-7H,1,3,5,8-10H2. The molecule has 0 spiro atoms. The highest BCUT2D eigenvalue weighted by Gasteiger charge is 2.11. The van der Waals surface area contributed by atoms with Gasteiger partial charge in [-0.1, -0.05) is 35.3 Å². The van der Waals surface area contributed by atoms with Gasteiger partial charge in [0.2, 0.25) is 0 Å². The van der Waals surface area contributed by atoms with Crippen LogP contribution in [-0.4, -0.2) is 18.5 Å². The Bertz CT molecular complexity index is 514. The summed E-state index contributed by atoms with van der Waals surface area (Å²) in [5, 5.41) is 0.504. The van der Waals surface area contributed by atoms with E-state index in [1.165, 1.54) is 0 Å². The molecule has 0 aromatic heterocycles. The summed E-state index contributed by atoms with van der Waals surface area (Å²) < 4.78 is 10.0. The first-order chi connectivity index (χ1) is 10.0. The van der Waals surface area contributed by atoms with Crippen molar-refractivity contribution >= 4 is 35.1 Å². The van der Waals surface area contributed by atoms with Crippen LogP contribution in [-0.2, 0) is 14.3 Å². The number of benzene rings is 1. The van der Waals surface area contributed by atoms with Gasteiger partial charge >= 0.3 is 11.9 Å². The first kappa shape index (κ1) is 17.5. The van der Waals surface area contributed by atoms with Crippen molar-refractivity contribution in [2.75, 3.05) is 6.61 Å². The Balaban J connectivity index is 2.30. The van der Waals surface area contributed by atoms with Crippen molar-refractivity contribution in [3.63, 3.8) is 0 Å². The molecule has 0 radical (unpaired) electrons. The molecule has 0 aliphatic carbocycles. The number of carbonyl (C=O) groups excluding carboxylic acids is 2. The van der Waals surface area contributed by atoms with Gasteiger partial charge in [-0.15, -0.1) is 6.58 Å². The third-order valence-corrected chi connectivity index (χ3v) is 3.29. The van der Waals surface area contributed by atoms with Crippen LogP contribution in [0.4, 0.5) is 0 Å². The molecule has 0 unspecified atom stereocenters. The fourth-order valence-electron chi connectivity index (χ4n) is 1.44. The summed E-state index contributed by atoms with van der Waals surface area (Å²) in [5.41, 5.74) is 0. The molecule has 0 bridgehead atoms. The third kappa shape index (κ3) is 6.65. The van der Waals surface area contributed by atoms with Crippen LogP contribution in [0.3, 0.4) is 0 Å². The molecule has 0 atom stereocenters. The highest BCUT2D eigenvalue weighted by molar-refractivity contribution is 6.43. The van der Waals surface area contributed by atoms with Gasteiger partial charge in [-0.25, -0.2) is 0 Å². The van der Waals surface area contributed by atoms with Gasteiger partial charge in [0.25, 0.3) is 0 Å². The zero-order chi connectivity index (χ0) is 15.7. The van der Waals surface area contributed by atoms with Crippen molar-refractivity contribution in [2.24, 2.45) is 0 Å². The highest BCUT2D eigenvalue weighted by Crippen LogP contribution is 2.31. The summed E-state index contributed by atoms with van der Waals surface area (Å²) in [5.74, 6) is -0.605. The van der Waals surface area contributed by atoms with E-state index in [4.69, 9.17) is 32.7 Å². The molecule has 21 heavy (non-hydrogen) atoms. The molecular weight excluding hydrogens is 315 g/mol. The summed E-state index contributed by atoms with van der Waals surface area (Å²) in [4.78, 5) is 22.9. The first-order valence-corrected chi connectivity index (χ1v) is 7.21. The van der Waals surface area contributed by atoms with E-state index in [1.807, 2.05) is 0 Å². The fraction of sp³-hybridized carbons (Fsp3) is 0.333. The van der Waals surface area contributed by atoms with Crippen molar-refractivity contribution in [2.45, 2.75) is 25.7 Å². The SMILES string of the molecule is C=CCCOC(=O)CCCC(=O)Oc1cccc(Cl)c1Cl. The molecule has 114 valence electrons. The maximum Gasteiger partial charge on any atom is 0.311 e. The number of carbonyl (C=O) groups is 2. The third-order valence-electron chi connectivity index (χ3n) is 2.49. The lowest BCUT2D eigenvalue weighted by Gasteiger charge is -2.07. The lowest BCUT2D eigenvalue weighted by molar-refractivity contribution is -0.143. The molecule has 1 aromatic rings. The van der Waals surface area contributed by atoms with Crippen molar-refractivity contribution in [3.05, 3.63) is 40.9 Å². The Kier molecular flexibility index (Phi) is 7.87. The molecule has 0 saturated carbocycles. The Labute approximate surface area is 133 Å². The lowest BCUT2D eigenvalue weighted by Crippen LogP contribution is -2.10. The second-order valence-electron chi connectivity index (χ2n) is 4.18. The van der Waals surface area contributed by atoms with Gasteiger partial charge < -0.3 is 9.47 Å². The smallest absolute Gasteiger partial charge is 0.311 e. The molecule has 1 rings (SSSR count). The Morgan fingerprint density at radius 2 is 1.90 bits per heavy atom. The number of esters is 2. The van der Waals surface area contributed by atoms with Gasteiger partial charge in [0.15, 0.2) is 5.75 Å². The predicted molar refractivity (Wildman–Crippen MR) is 81.7 cm³/mol. The van der Waals surface area contributed by atoms with Crippen LogP contribution in [0.25, 0.3) is 0 Å². The van der Waals surface area contributed by atoms with E-state index in [9.17, 15) is 9.59 Å². The summed E-state index contributed by atoms with van der Waals surface area (Å²) in [6.45, 7) is 3.83. The molecule has 0 fully saturated rings. The molecule has 0 amide bonds. The van der Waals surface area contributed by atoms with E-state index in [-0.39, 0.29) is 29.6 Å². The molecule has 0 N–H and O–H groups in total. The van der Waals surface area contributed by atoms with E-state index < -0.39 is 5.97 Å². The van der Waals surface area contributed by atoms with E-state index in [0.29, 0.717) is 24.5 Å². The maximum absolute atomic E-state index is 11.6. The number of ether oxygens (including phenoxy) is 2. The molecule has 0 saturated heterocycles. The average Bonchev–Trinajstić information content (AvgIpc) is 2.44. The Morgan fingerprint density at radius 3 is 2.62 bits per heavy atom. The minimum absolute atomic E-state index is 0.0966. The minimum atomic E-state index is -0.474. The summed E-state index contributed by atoms with van der Waals surface area (Å²) in [6, 6.07) is 4.78. The highest BCUT2D eigenvalue weighted by atomic mass is 35.5. The van der Waals surface area contributed by atoms with Gasteiger partial charge in [-0.3, -0.25) is 9.59 Å². The first-order valence-electron chi connectivity index (χ1n) is 6.45. The quantitative estimate of drug-likeness (QED) is 0.310. The molecule has 0 aliphatic heterocycles. The maximum atomic E-state index is 11.6. The van der Waals surface area contributed by atoms with Crippen LogP contribution < -0.4 is 4.74 Å². The summed E-state index contributed by atoms with van der Waals surface area (Å²) in [7, 11) is 0. The zero-order valence-electron chi connectivity index (χ0n) is 11.4. The normalized spacial score (nSPS) is 10.0. The van der Waals surface area contributed by atoms with Gasteiger partial charge in [0, 0.05) is 12.8 Å². The summed E-state index contributed by atoms with van der Waals surface area (Å²) in [6.07, 6.45) is 2.89. The molecule has 1 aromatic carbocycles. The van der Waals surface area contributed by atoms with Gasteiger partial charge in [-0.05, 0) is 25.0 Å². The predicted octanol–water partition coefficient (Wildman–Crippen LogP) is 4.19. The van der Waals surface area contributed by atoms with Crippen LogP contribution in [0.1, 0.15) is 25.7 Å². The van der Waals surface area contributed by atoms with E-state index >= 15 is 0 Å². The van der Waals surface area contributed by atoms with Crippen molar-refractivity contribution in [1.29, 1.82) is 0 Å².